The number of aldehydes is 1. The lowest BCUT2D eigenvalue weighted by atomic mass is 10.0. The van der Waals surface area contributed by atoms with E-state index in [4.69, 9.17) is 10.5 Å². The highest BCUT2D eigenvalue weighted by Gasteiger charge is 2.27. The second kappa shape index (κ2) is 18.3. The lowest BCUT2D eigenvalue weighted by Gasteiger charge is -2.27. The summed E-state index contributed by atoms with van der Waals surface area (Å²) in [7, 11) is 1.62. The van der Waals surface area contributed by atoms with E-state index in [-0.39, 0.29) is 29.7 Å². The summed E-state index contributed by atoms with van der Waals surface area (Å²) in [6.45, 7) is 12.4. The van der Waals surface area contributed by atoms with Crippen LogP contribution in [-0.4, -0.2) is 55.9 Å². The number of hydrogen-bond donors (Lipinski definition) is 5. The van der Waals surface area contributed by atoms with Crippen molar-refractivity contribution in [3.63, 3.8) is 0 Å². The SMILES string of the molecule is CC(C)C=O.COCc1ccc(NC(=O)C(CCCNC(N)=O)NC(=O)C(NC(C)C)C(C)C)cc1. The lowest BCUT2D eigenvalue weighted by Crippen LogP contribution is -2.54. The molecule has 0 aliphatic carbocycles. The third-order valence-corrected chi connectivity index (χ3v) is 4.87. The van der Waals surface area contributed by atoms with E-state index in [1.807, 2.05) is 53.7 Å². The first kappa shape index (κ1) is 33.0. The number of carbonyl (C=O) groups is 4. The Morgan fingerprint density at radius 1 is 1.00 bits per heavy atom. The molecule has 10 nitrogen and oxygen atoms in total. The molecule has 1 rings (SSSR count). The molecule has 0 saturated carbocycles. The Hall–Kier alpha value is -2.98. The van der Waals surface area contributed by atoms with E-state index in [0.29, 0.717) is 31.7 Å². The first-order chi connectivity index (χ1) is 16.9. The molecule has 4 amide bonds. The predicted octanol–water partition coefficient (Wildman–Crippen LogP) is 2.57. The normalized spacial score (nSPS) is 12.4. The van der Waals surface area contributed by atoms with E-state index in [2.05, 4.69) is 21.3 Å². The Balaban J connectivity index is 0.00000222. The van der Waals surface area contributed by atoms with Gasteiger partial charge in [-0.05, 0) is 36.5 Å². The molecule has 0 bridgehead atoms. The van der Waals surface area contributed by atoms with Crippen molar-refractivity contribution in [2.75, 3.05) is 19.0 Å². The fourth-order valence-corrected chi connectivity index (χ4v) is 3.06. The number of rotatable bonds is 14. The van der Waals surface area contributed by atoms with Crippen LogP contribution >= 0.6 is 0 Å². The van der Waals surface area contributed by atoms with Crippen molar-refractivity contribution >= 4 is 29.8 Å². The molecule has 10 heteroatoms. The molecule has 2 unspecified atom stereocenters. The van der Waals surface area contributed by atoms with Crippen molar-refractivity contribution in [2.45, 2.75) is 79.1 Å². The molecule has 0 aliphatic rings. The van der Waals surface area contributed by atoms with Crippen LogP contribution in [0, 0.1) is 11.8 Å². The Labute approximate surface area is 215 Å². The summed E-state index contributed by atoms with van der Waals surface area (Å²) in [5.74, 6) is -0.299. The van der Waals surface area contributed by atoms with Crippen molar-refractivity contribution in [3.8, 4) is 0 Å². The molecule has 0 heterocycles. The van der Waals surface area contributed by atoms with Gasteiger partial charge < -0.3 is 36.5 Å². The number of ether oxygens (including phenoxy) is 1. The number of primary amides is 1. The van der Waals surface area contributed by atoms with Crippen LogP contribution in [0.5, 0.6) is 0 Å². The number of nitrogens with one attached hydrogen (secondary N) is 4. The highest BCUT2D eigenvalue weighted by atomic mass is 16.5. The number of carbonyl (C=O) groups excluding carboxylic acids is 4. The summed E-state index contributed by atoms with van der Waals surface area (Å²) >= 11 is 0. The zero-order chi connectivity index (χ0) is 27.7. The van der Waals surface area contributed by atoms with Crippen LogP contribution in [-0.2, 0) is 25.7 Å². The van der Waals surface area contributed by atoms with Gasteiger partial charge in [-0.2, -0.15) is 0 Å². The average molecular weight is 508 g/mol. The topological polar surface area (TPSA) is 152 Å². The standard InChI is InChI=1S/C22H37N5O4.C4H8O/c1-14(2)19(25-15(3)4)21(29)27-18(7-6-12-24-22(23)30)20(28)26-17-10-8-16(9-11-17)13-31-5;1-4(2)3-5/h8-11,14-15,18-19,25H,6-7,12-13H2,1-5H3,(H,26,28)(H,27,29)(H3,23,24,30);3-4H,1-2H3. The highest BCUT2D eigenvalue weighted by Crippen LogP contribution is 2.12. The van der Waals surface area contributed by atoms with Crippen molar-refractivity contribution in [3.05, 3.63) is 29.8 Å². The largest absolute Gasteiger partial charge is 0.380 e. The summed E-state index contributed by atoms with van der Waals surface area (Å²) in [6, 6.07) is 5.63. The van der Waals surface area contributed by atoms with Crippen LogP contribution in [0.1, 0.15) is 59.9 Å². The predicted molar refractivity (Wildman–Crippen MR) is 142 cm³/mol. The van der Waals surface area contributed by atoms with Crippen LogP contribution < -0.4 is 27.0 Å². The Morgan fingerprint density at radius 3 is 2.03 bits per heavy atom. The quantitative estimate of drug-likeness (QED) is 0.193. The number of urea groups is 1. The second-order valence-electron chi connectivity index (χ2n) is 9.54. The summed E-state index contributed by atoms with van der Waals surface area (Å²) in [6.07, 6.45) is 1.75. The van der Waals surface area contributed by atoms with Gasteiger partial charge in [-0.15, -0.1) is 0 Å². The smallest absolute Gasteiger partial charge is 0.312 e. The number of methoxy groups -OCH3 is 1. The number of nitrogens with two attached hydrogens (primary N) is 1. The molecule has 1 aromatic carbocycles. The molecule has 0 fully saturated rings. The van der Waals surface area contributed by atoms with E-state index in [1.165, 1.54) is 0 Å². The van der Waals surface area contributed by atoms with Crippen LogP contribution in [0.4, 0.5) is 10.5 Å². The molecule has 0 aliphatic heterocycles. The zero-order valence-electron chi connectivity index (χ0n) is 22.7. The first-order valence-corrected chi connectivity index (χ1v) is 12.3. The molecule has 6 N–H and O–H groups in total. The van der Waals surface area contributed by atoms with Crippen LogP contribution in [0.25, 0.3) is 0 Å². The zero-order valence-corrected chi connectivity index (χ0v) is 22.7. The van der Waals surface area contributed by atoms with Crippen molar-refractivity contribution in [1.82, 2.24) is 16.0 Å². The third kappa shape index (κ3) is 15.1. The summed E-state index contributed by atoms with van der Waals surface area (Å²) < 4.78 is 5.09. The van der Waals surface area contributed by atoms with Gasteiger partial charge in [0.1, 0.15) is 12.3 Å². The second-order valence-corrected chi connectivity index (χ2v) is 9.54. The third-order valence-electron chi connectivity index (χ3n) is 4.87. The van der Waals surface area contributed by atoms with Gasteiger partial charge in [0.15, 0.2) is 0 Å². The van der Waals surface area contributed by atoms with Gasteiger partial charge in [0.05, 0.1) is 12.6 Å². The maximum atomic E-state index is 12.9. The lowest BCUT2D eigenvalue weighted by molar-refractivity contribution is -0.129. The van der Waals surface area contributed by atoms with E-state index in [0.717, 1.165) is 11.8 Å². The van der Waals surface area contributed by atoms with Crippen LogP contribution in [0.3, 0.4) is 0 Å². The van der Waals surface area contributed by atoms with Gasteiger partial charge in [0.25, 0.3) is 0 Å². The van der Waals surface area contributed by atoms with Crippen molar-refractivity contribution in [2.24, 2.45) is 17.6 Å². The van der Waals surface area contributed by atoms with E-state index < -0.39 is 18.1 Å². The summed E-state index contributed by atoms with van der Waals surface area (Å²) in [4.78, 5) is 46.2. The Kier molecular flexibility index (Phi) is 16.8. The first-order valence-electron chi connectivity index (χ1n) is 12.3. The molecule has 204 valence electrons. The minimum atomic E-state index is -0.754. The summed E-state index contributed by atoms with van der Waals surface area (Å²) in [5.41, 5.74) is 6.70. The minimum Gasteiger partial charge on any atom is -0.380 e. The molecule has 2 atom stereocenters. The van der Waals surface area contributed by atoms with E-state index in [1.54, 1.807) is 19.2 Å². The van der Waals surface area contributed by atoms with Gasteiger partial charge in [0, 0.05) is 31.3 Å². The maximum absolute atomic E-state index is 12.9. The maximum Gasteiger partial charge on any atom is 0.312 e. The molecule has 0 spiro atoms. The van der Waals surface area contributed by atoms with Gasteiger partial charge in [0.2, 0.25) is 11.8 Å². The van der Waals surface area contributed by atoms with E-state index >= 15 is 0 Å². The monoisotopic (exact) mass is 507 g/mol. The van der Waals surface area contributed by atoms with Crippen LogP contribution in [0.15, 0.2) is 24.3 Å². The number of hydrogen-bond acceptors (Lipinski definition) is 6. The van der Waals surface area contributed by atoms with Gasteiger partial charge in [-0.1, -0.05) is 53.7 Å². The Bertz CT molecular complexity index is 796. The number of anilines is 1. The van der Waals surface area contributed by atoms with Crippen LogP contribution in [0.2, 0.25) is 0 Å². The highest BCUT2D eigenvalue weighted by molar-refractivity contribution is 5.97. The number of benzene rings is 1. The average Bonchev–Trinajstić information content (AvgIpc) is 2.80. The molecule has 0 radical (unpaired) electrons. The fourth-order valence-electron chi connectivity index (χ4n) is 3.06. The molecular weight excluding hydrogens is 462 g/mol. The van der Waals surface area contributed by atoms with Crippen molar-refractivity contribution in [1.29, 1.82) is 0 Å². The van der Waals surface area contributed by atoms with Gasteiger partial charge in [-0.25, -0.2) is 4.79 Å². The Morgan fingerprint density at radius 2 is 1.58 bits per heavy atom. The minimum absolute atomic E-state index is 0.0518. The number of amides is 4. The molecular formula is C26H45N5O5. The molecule has 36 heavy (non-hydrogen) atoms. The summed E-state index contributed by atoms with van der Waals surface area (Å²) in [5, 5.41) is 11.5. The van der Waals surface area contributed by atoms with Gasteiger partial charge in [-0.3, -0.25) is 9.59 Å². The van der Waals surface area contributed by atoms with Crippen molar-refractivity contribution < 1.29 is 23.9 Å². The fraction of sp³-hybridized carbons (Fsp3) is 0.615. The molecule has 0 saturated heterocycles. The van der Waals surface area contributed by atoms with E-state index in [9.17, 15) is 19.2 Å². The molecule has 0 aromatic heterocycles. The van der Waals surface area contributed by atoms with Gasteiger partial charge >= 0.3 is 6.03 Å². The molecule has 1 aromatic rings.